The number of ether oxygens (including phenoxy) is 1. The first-order valence-corrected chi connectivity index (χ1v) is 8.51. The molecule has 0 aliphatic carbocycles. The van der Waals surface area contributed by atoms with Crippen molar-refractivity contribution in [2.45, 2.75) is 46.0 Å². The van der Waals surface area contributed by atoms with Crippen molar-refractivity contribution in [2.24, 2.45) is 0 Å². The summed E-state index contributed by atoms with van der Waals surface area (Å²) in [5, 5.41) is 0. The van der Waals surface area contributed by atoms with E-state index < -0.39 is 0 Å². The monoisotopic (exact) mass is 307 g/mol. The number of aryl methyl sites for hydroxylation is 1. The lowest BCUT2D eigenvalue weighted by atomic mass is 10.1. The van der Waals surface area contributed by atoms with Gasteiger partial charge in [0, 0.05) is 11.8 Å². The average molecular weight is 307 g/mol. The van der Waals surface area contributed by atoms with Crippen molar-refractivity contribution in [3.8, 4) is 17.6 Å². The van der Waals surface area contributed by atoms with Crippen LogP contribution in [-0.2, 0) is 6.42 Å². The fourth-order valence-corrected chi connectivity index (χ4v) is 2.22. The van der Waals surface area contributed by atoms with Crippen molar-refractivity contribution >= 4 is 0 Å². The Balaban J connectivity index is 1.93. The molecule has 0 unspecified atom stereocenters. The summed E-state index contributed by atoms with van der Waals surface area (Å²) < 4.78 is 5.57. The predicted octanol–water partition coefficient (Wildman–Crippen LogP) is 5.00. The quantitative estimate of drug-likeness (QED) is 0.530. The lowest BCUT2D eigenvalue weighted by Gasteiger charge is -2.03. The number of unbranched alkanes of at least 4 members (excludes halogenated alkanes) is 2. The lowest BCUT2D eigenvalue weighted by Crippen LogP contribution is -1.94. The van der Waals surface area contributed by atoms with Crippen LogP contribution < -0.4 is 4.74 Å². The van der Waals surface area contributed by atoms with E-state index >= 15 is 0 Å². The molecule has 0 spiro atoms. The van der Waals surface area contributed by atoms with Gasteiger partial charge in [-0.25, -0.2) is 4.98 Å². The zero-order chi connectivity index (χ0) is 16.3. The van der Waals surface area contributed by atoms with Crippen LogP contribution >= 0.6 is 0 Å². The third-order valence-corrected chi connectivity index (χ3v) is 3.56. The van der Waals surface area contributed by atoms with Gasteiger partial charge in [-0.05, 0) is 61.1 Å². The summed E-state index contributed by atoms with van der Waals surface area (Å²) in [4.78, 5) is 4.43. The number of hydrogen-bond donors (Lipinski definition) is 0. The Bertz CT molecular complexity index is 632. The van der Waals surface area contributed by atoms with Crippen molar-refractivity contribution < 1.29 is 4.74 Å². The van der Waals surface area contributed by atoms with Crippen molar-refractivity contribution in [3.63, 3.8) is 0 Å². The molecule has 0 radical (unpaired) electrons. The molecule has 1 heterocycles. The van der Waals surface area contributed by atoms with Gasteiger partial charge in [-0.1, -0.05) is 38.7 Å². The molecular formula is C21H25NO. The SMILES string of the molecule is CCCCCc1ccc(C#Cc2ccc(OCCC)cc2)nc1. The maximum Gasteiger partial charge on any atom is 0.119 e. The van der Waals surface area contributed by atoms with E-state index in [9.17, 15) is 0 Å². The first-order valence-electron chi connectivity index (χ1n) is 8.51. The van der Waals surface area contributed by atoms with Gasteiger partial charge < -0.3 is 4.74 Å². The molecule has 0 aliphatic heterocycles. The molecule has 0 fully saturated rings. The third-order valence-electron chi connectivity index (χ3n) is 3.56. The van der Waals surface area contributed by atoms with Gasteiger partial charge in [-0.15, -0.1) is 0 Å². The van der Waals surface area contributed by atoms with Crippen LogP contribution in [0.4, 0.5) is 0 Å². The molecule has 0 aliphatic rings. The number of hydrogen-bond acceptors (Lipinski definition) is 2. The van der Waals surface area contributed by atoms with Gasteiger partial charge in [0.2, 0.25) is 0 Å². The van der Waals surface area contributed by atoms with Gasteiger partial charge in [0.25, 0.3) is 0 Å². The summed E-state index contributed by atoms with van der Waals surface area (Å²) in [6.45, 7) is 5.07. The standard InChI is InChI=1S/C21H25NO/c1-3-5-6-7-19-9-13-20(22-17-19)12-8-18-10-14-21(15-11-18)23-16-4-2/h9-11,13-15,17H,3-7,16H2,1-2H3. The van der Waals surface area contributed by atoms with E-state index in [0.29, 0.717) is 0 Å². The Hall–Kier alpha value is -2.27. The minimum atomic E-state index is 0.750. The average Bonchev–Trinajstić information content (AvgIpc) is 2.60. The molecule has 1 aromatic carbocycles. The summed E-state index contributed by atoms with van der Waals surface area (Å²) >= 11 is 0. The van der Waals surface area contributed by atoms with Crippen LogP contribution in [0, 0.1) is 11.8 Å². The molecule has 2 nitrogen and oxygen atoms in total. The van der Waals surface area contributed by atoms with Crippen molar-refractivity contribution in [3.05, 3.63) is 59.4 Å². The van der Waals surface area contributed by atoms with Crippen LogP contribution in [0.3, 0.4) is 0 Å². The normalized spacial score (nSPS) is 10.0. The molecule has 23 heavy (non-hydrogen) atoms. The van der Waals surface area contributed by atoms with Crippen LogP contribution in [0.2, 0.25) is 0 Å². The van der Waals surface area contributed by atoms with Crippen LogP contribution in [0.15, 0.2) is 42.6 Å². The zero-order valence-electron chi connectivity index (χ0n) is 14.1. The van der Waals surface area contributed by atoms with E-state index in [0.717, 1.165) is 36.5 Å². The van der Waals surface area contributed by atoms with Crippen molar-refractivity contribution in [1.29, 1.82) is 0 Å². The summed E-state index contributed by atoms with van der Waals surface area (Å²) in [7, 11) is 0. The molecule has 0 N–H and O–H groups in total. The van der Waals surface area contributed by atoms with E-state index in [-0.39, 0.29) is 0 Å². The highest BCUT2D eigenvalue weighted by molar-refractivity contribution is 5.42. The molecule has 0 amide bonds. The molecule has 0 saturated heterocycles. The smallest absolute Gasteiger partial charge is 0.119 e. The molecule has 0 atom stereocenters. The number of pyridine rings is 1. The first kappa shape index (κ1) is 17.1. The van der Waals surface area contributed by atoms with Gasteiger partial charge in [0.1, 0.15) is 11.4 Å². The van der Waals surface area contributed by atoms with E-state index in [1.165, 1.54) is 24.8 Å². The van der Waals surface area contributed by atoms with Gasteiger partial charge in [0.05, 0.1) is 6.61 Å². The van der Waals surface area contributed by atoms with Gasteiger partial charge in [0.15, 0.2) is 0 Å². The summed E-state index contributed by atoms with van der Waals surface area (Å²) in [6.07, 6.45) is 7.82. The fraction of sp³-hybridized carbons (Fsp3) is 0.381. The second-order valence-corrected chi connectivity index (χ2v) is 5.63. The molecule has 2 aromatic rings. The van der Waals surface area contributed by atoms with Crippen LogP contribution in [0.25, 0.3) is 0 Å². The molecule has 2 rings (SSSR count). The number of rotatable bonds is 7. The summed E-state index contributed by atoms with van der Waals surface area (Å²) in [5.41, 5.74) is 3.08. The third kappa shape index (κ3) is 6.16. The molecular weight excluding hydrogens is 282 g/mol. The first-order chi connectivity index (χ1) is 11.3. The molecule has 0 saturated carbocycles. The van der Waals surface area contributed by atoms with E-state index in [2.05, 4.69) is 36.7 Å². The Morgan fingerprint density at radius 3 is 2.39 bits per heavy atom. The summed E-state index contributed by atoms with van der Waals surface area (Å²) in [6, 6.07) is 12.0. The Kier molecular flexibility index (Phi) is 7.20. The maximum atomic E-state index is 5.57. The van der Waals surface area contributed by atoms with E-state index in [1.807, 2.05) is 36.5 Å². The van der Waals surface area contributed by atoms with Gasteiger partial charge in [-0.3, -0.25) is 0 Å². The molecule has 1 aromatic heterocycles. The molecule has 0 bridgehead atoms. The van der Waals surface area contributed by atoms with E-state index in [4.69, 9.17) is 4.74 Å². The minimum absolute atomic E-state index is 0.750. The Morgan fingerprint density at radius 1 is 0.913 bits per heavy atom. The number of nitrogens with zero attached hydrogens (tertiary/aromatic N) is 1. The Morgan fingerprint density at radius 2 is 1.74 bits per heavy atom. The highest BCUT2D eigenvalue weighted by atomic mass is 16.5. The highest BCUT2D eigenvalue weighted by Gasteiger charge is 1.95. The van der Waals surface area contributed by atoms with Crippen LogP contribution in [0.1, 0.15) is 56.4 Å². The molecule has 2 heteroatoms. The maximum absolute atomic E-state index is 5.57. The topological polar surface area (TPSA) is 22.1 Å². The Labute approximate surface area is 139 Å². The fourth-order valence-electron chi connectivity index (χ4n) is 2.22. The van der Waals surface area contributed by atoms with Crippen molar-refractivity contribution in [1.82, 2.24) is 4.98 Å². The van der Waals surface area contributed by atoms with Gasteiger partial charge in [-0.2, -0.15) is 0 Å². The van der Waals surface area contributed by atoms with Gasteiger partial charge >= 0.3 is 0 Å². The van der Waals surface area contributed by atoms with Crippen LogP contribution in [-0.4, -0.2) is 11.6 Å². The van der Waals surface area contributed by atoms with Crippen LogP contribution in [0.5, 0.6) is 5.75 Å². The second kappa shape index (κ2) is 9.69. The van der Waals surface area contributed by atoms with Crippen molar-refractivity contribution in [2.75, 3.05) is 6.61 Å². The zero-order valence-corrected chi connectivity index (χ0v) is 14.1. The van der Waals surface area contributed by atoms with E-state index in [1.54, 1.807) is 0 Å². The minimum Gasteiger partial charge on any atom is -0.494 e. The number of aromatic nitrogens is 1. The lowest BCUT2D eigenvalue weighted by molar-refractivity contribution is 0.317. The largest absolute Gasteiger partial charge is 0.494 e. The highest BCUT2D eigenvalue weighted by Crippen LogP contribution is 2.12. The molecule has 120 valence electrons. The second-order valence-electron chi connectivity index (χ2n) is 5.63. The predicted molar refractivity (Wildman–Crippen MR) is 95.7 cm³/mol. The summed E-state index contributed by atoms with van der Waals surface area (Å²) in [5.74, 6) is 7.16. The number of benzene rings is 1.